The van der Waals surface area contributed by atoms with Gasteiger partial charge in [0.15, 0.2) is 0 Å². The second kappa shape index (κ2) is 17.2. The van der Waals surface area contributed by atoms with E-state index in [9.17, 15) is 14.4 Å². The van der Waals surface area contributed by atoms with Crippen molar-refractivity contribution in [3.8, 4) is 11.1 Å². The van der Waals surface area contributed by atoms with E-state index in [0.717, 1.165) is 27.8 Å². The van der Waals surface area contributed by atoms with Gasteiger partial charge in [-0.3, -0.25) is 14.4 Å². The van der Waals surface area contributed by atoms with Crippen LogP contribution in [0.5, 0.6) is 0 Å². The molecule has 7 heteroatoms. The third-order valence-corrected chi connectivity index (χ3v) is 8.44. The minimum atomic E-state index is -0.851. The Hall–Kier alpha value is -5.01. The van der Waals surface area contributed by atoms with Crippen LogP contribution < -0.4 is 11.1 Å². The van der Waals surface area contributed by atoms with Gasteiger partial charge in [0.2, 0.25) is 17.7 Å². The molecule has 3 amide bonds. The molecule has 0 spiro atoms. The molecule has 0 radical (unpaired) electrons. The van der Waals surface area contributed by atoms with E-state index in [-0.39, 0.29) is 24.1 Å². The predicted molar refractivity (Wildman–Crippen MR) is 194 cm³/mol. The highest BCUT2D eigenvalue weighted by atomic mass is 16.2. The summed E-state index contributed by atoms with van der Waals surface area (Å²) in [7, 11) is 3.30. The zero-order chi connectivity index (χ0) is 34.5. The summed E-state index contributed by atoms with van der Waals surface area (Å²) in [6.45, 7) is 4.22. The molecule has 48 heavy (non-hydrogen) atoms. The van der Waals surface area contributed by atoms with Gasteiger partial charge in [-0.05, 0) is 60.6 Å². The molecule has 0 aliphatic rings. The molecule has 0 saturated carbocycles. The van der Waals surface area contributed by atoms with Gasteiger partial charge in [-0.1, -0.05) is 121 Å². The number of carbonyl (C=O) groups is 3. The Morgan fingerprint density at radius 3 is 1.77 bits per heavy atom. The molecule has 0 heterocycles. The average molecular weight is 645 g/mol. The van der Waals surface area contributed by atoms with Crippen LogP contribution >= 0.6 is 0 Å². The second-order valence-corrected chi connectivity index (χ2v) is 13.0. The Morgan fingerprint density at radius 1 is 0.688 bits per heavy atom. The van der Waals surface area contributed by atoms with Gasteiger partial charge in [0, 0.05) is 39.0 Å². The number of carbonyl (C=O) groups excluding carboxylic acids is 3. The van der Waals surface area contributed by atoms with Crippen LogP contribution in [0.4, 0.5) is 0 Å². The van der Waals surface area contributed by atoms with Crippen LogP contribution in [0.25, 0.3) is 11.1 Å². The van der Waals surface area contributed by atoms with Crippen molar-refractivity contribution in [3.63, 3.8) is 0 Å². The van der Waals surface area contributed by atoms with E-state index in [1.54, 1.807) is 20.2 Å². The fourth-order valence-electron chi connectivity index (χ4n) is 5.54. The van der Waals surface area contributed by atoms with Crippen LogP contribution in [-0.2, 0) is 33.6 Å². The lowest BCUT2D eigenvalue weighted by Gasteiger charge is -2.34. The first-order valence-corrected chi connectivity index (χ1v) is 16.5. The minimum absolute atomic E-state index is 0.240. The summed E-state index contributed by atoms with van der Waals surface area (Å²) in [4.78, 5) is 44.6. The Labute approximate surface area is 285 Å². The van der Waals surface area contributed by atoms with E-state index in [2.05, 4.69) is 17.4 Å². The summed E-state index contributed by atoms with van der Waals surface area (Å²) in [5.41, 5.74) is 10.8. The van der Waals surface area contributed by atoms with Crippen molar-refractivity contribution < 1.29 is 14.4 Å². The summed E-state index contributed by atoms with van der Waals surface area (Å²) in [5.74, 6) is -0.862. The molecule has 2 atom stereocenters. The molecule has 0 aromatic heterocycles. The summed E-state index contributed by atoms with van der Waals surface area (Å²) < 4.78 is 0. The van der Waals surface area contributed by atoms with Crippen molar-refractivity contribution in [2.75, 3.05) is 20.6 Å². The molecule has 4 rings (SSSR count). The first-order valence-electron chi connectivity index (χ1n) is 16.5. The number of hydrogen-bond donors (Lipinski definition) is 2. The van der Waals surface area contributed by atoms with E-state index >= 15 is 0 Å². The van der Waals surface area contributed by atoms with Gasteiger partial charge < -0.3 is 20.9 Å². The molecule has 0 fully saturated rings. The van der Waals surface area contributed by atoms with Crippen LogP contribution in [0.3, 0.4) is 0 Å². The van der Waals surface area contributed by atoms with Crippen LogP contribution in [0, 0.1) is 0 Å². The van der Waals surface area contributed by atoms with Crippen molar-refractivity contribution in [2.24, 2.45) is 5.73 Å². The SMILES string of the molecule is CN(C(=O)/C=C/CC(C)(C)N)C(Cc1ccc(-c2ccccc2)cc1)C(=O)N(C)C(Cc1ccccc1)C(=O)NCCc1ccccc1. The van der Waals surface area contributed by atoms with Crippen molar-refractivity contribution >= 4 is 17.7 Å². The first-order chi connectivity index (χ1) is 23.0. The normalized spacial score (nSPS) is 12.7. The van der Waals surface area contributed by atoms with Crippen LogP contribution in [-0.4, -0.2) is 65.8 Å². The van der Waals surface area contributed by atoms with E-state index in [1.807, 2.05) is 117 Å². The maximum Gasteiger partial charge on any atom is 0.246 e. The fraction of sp³-hybridized carbons (Fsp3) is 0.293. The lowest BCUT2D eigenvalue weighted by molar-refractivity contribution is -0.146. The largest absolute Gasteiger partial charge is 0.354 e. The van der Waals surface area contributed by atoms with Gasteiger partial charge in [0.25, 0.3) is 0 Å². The number of nitrogens with zero attached hydrogens (tertiary/aromatic N) is 2. The van der Waals surface area contributed by atoms with Gasteiger partial charge in [-0.2, -0.15) is 0 Å². The fourth-order valence-corrected chi connectivity index (χ4v) is 5.54. The van der Waals surface area contributed by atoms with Crippen LogP contribution in [0.15, 0.2) is 127 Å². The molecule has 7 nitrogen and oxygen atoms in total. The lowest BCUT2D eigenvalue weighted by Crippen LogP contribution is -2.56. The van der Waals surface area contributed by atoms with Crippen LogP contribution in [0.1, 0.15) is 37.0 Å². The number of hydrogen-bond acceptors (Lipinski definition) is 4. The minimum Gasteiger partial charge on any atom is -0.354 e. The molecule has 4 aromatic carbocycles. The van der Waals surface area contributed by atoms with Crippen molar-refractivity contribution in [2.45, 2.75) is 57.2 Å². The van der Waals surface area contributed by atoms with Gasteiger partial charge in [0.05, 0.1) is 0 Å². The van der Waals surface area contributed by atoms with Crippen molar-refractivity contribution in [3.05, 3.63) is 144 Å². The average Bonchev–Trinajstić information content (AvgIpc) is 3.09. The third kappa shape index (κ3) is 10.8. The van der Waals surface area contributed by atoms with Crippen molar-refractivity contribution in [1.29, 1.82) is 0 Å². The molecular weight excluding hydrogens is 596 g/mol. The maximum absolute atomic E-state index is 14.5. The summed E-state index contributed by atoms with van der Waals surface area (Å²) >= 11 is 0. The lowest BCUT2D eigenvalue weighted by atomic mass is 9.98. The zero-order valence-corrected chi connectivity index (χ0v) is 28.5. The number of rotatable bonds is 15. The molecule has 4 aromatic rings. The highest BCUT2D eigenvalue weighted by molar-refractivity contribution is 5.95. The Kier molecular flexibility index (Phi) is 12.9. The van der Waals surface area contributed by atoms with Gasteiger partial charge >= 0.3 is 0 Å². The highest BCUT2D eigenvalue weighted by Crippen LogP contribution is 2.21. The van der Waals surface area contributed by atoms with Crippen molar-refractivity contribution in [1.82, 2.24) is 15.1 Å². The van der Waals surface area contributed by atoms with Crippen LogP contribution in [0.2, 0.25) is 0 Å². The maximum atomic E-state index is 14.5. The predicted octanol–water partition coefficient (Wildman–Crippen LogP) is 5.84. The number of amides is 3. The number of nitrogens with two attached hydrogens (primary N) is 1. The highest BCUT2D eigenvalue weighted by Gasteiger charge is 2.34. The number of benzene rings is 4. The Bertz CT molecular complexity index is 1630. The molecule has 2 unspecified atom stereocenters. The first kappa shape index (κ1) is 35.8. The molecule has 250 valence electrons. The third-order valence-electron chi connectivity index (χ3n) is 8.44. The van der Waals surface area contributed by atoms with Gasteiger partial charge in [-0.25, -0.2) is 0 Å². The standard InChI is InChI=1S/C41H48N4O3/c1-41(2,42)27-14-21-38(46)44(3)37(30-33-22-24-35(25-23-33)34-19-12-7-13-20-34)40(48)45(4)36(29-32-17-10-6-11-18-32)39(47)43-28-26-31-15-8-5-9-16-31/h5-25,36-37H,26-30,42H2,1-4H3,(H,43,47)/b21-14+. The molecular formula is C41H48N4O3. The number of nitrogens with one attached hydrogen (secondary N) is 1. The summed E-state index contributed by atoms with van der Waals surface area (Å²) in [5, 5.41) is 3.06. The van der Waals surface area contributed by atoms with E-state index in [0.29, 0.717) is 25.8 Å². The Morgan fingerprint density at radius 2 is 1.19 bits per heavy atom. The van der Waals surface area contributed by atoms with E-state index in [1.165, 1.54) is 15.9 Å². The molecule has 0 saturated heterocycles. The molecule has 0 aliphatic carbocycles. The smallest absolute Gasteiger partial charge is 0.246 e. The van der Waals surface area contributed by atoms with E-state index in [4.69, 9.17) is 5.73 Å². The second-order valence-electron chi connectivity index (χ2n) is 13.0. The summed E-state index contributed by atoms with van der Waals surface area (Å²) in [6.07, 6.45) is 5.02. The monoisotopic (exact) mass is 644 g/mol. The number of likely N-dealkylation sites (N-methyl/N-ethyl adjacent to an activating group) is 2. The molecule has 0 aliphatic heterocycles. The Balaban J connectivity index is 1.59. The molecule has 3 N–H and O–H groups in total. The zero-order valence-electron chi connectivity index (χ0n) is 28.5. The summed E-state index contributed by atoms with van der Waals surface area (Å²) in [6, 6.07) is 36.1. The molecule has 0 bridgehead atoms. The van der Waals surface area contributed by atoms with E-state index < -0.39 is 17.6 Å². The van der Waals surface area contributed by atoms with Gasteiger partial charge in [-0.15, -0.1) is 0 Å². The quantitative estimate of drug-likeness (QED) is 0.159. The topological polar surface area (TPSA) is 95.7 Å². The van der Waals surface area contributed by atoms with Gasteiger partial charge in [0.1, 0.15) is 12.1 Å².